The fourth-order valence-electron chi connectivity index (χ4n) is 8.35. The van der Waals surface area contributed by atoms with E-state index in [-0.39, 0.29) is 31.1 Å². The first-order valence-corrected chi connectivity index (χ1v) is 29.1. The van der Waals surface area contributed by atoms with Crippen LogP contribution in [0.3, 0.4) is 0 Å². The number of allylic oxidation sites excluding steroid dienone is 8. The fraction of sp³-hybridized carbons (Fsp3) is 0.820. The first-order chi connectivity index (χ1) is 33.0. The zero-order chi connectivity index (χ0) is 48.6. The van der Waals surface area contributed by atoms with Gasteiger partial charge in [-0.1, -0.05) is 230 Å². The monoisotopic (exact) mass is 939 g/mol. The SMILES string of the molecule is CCCCCCC/C=C\C/C=C\CCCCCCCCCCCC(=O)OCC(COC(=O)CCCCCCC/C=C\CCCCCCC)OC(=O)CCCCCCC/C=C\CCCCCCC. The highest BCUT2D eigenvalue weighted by Crippen LogP contribution is 2.15. The molecule has 0 aromatic carbocycles. The summed E-state index contributed by atoms with van der Waals surface area (Å²) in [6.07, 6.45) is 68.1. The number of rotatable bonds is 53. The lowest BCUT2D eigenvalue weighted by atomic mass is 10.1. The Morgan fingerprint density at radius 3 is 0.836 bits per heavy atom. The molecule has 0 radical (unpaired) electrons. The van der Waals surface area contributed by atoms with Gasteiger partial charge in [-0.3, -0.25) is 14.4 Å². The second-order valence-electron chi connectivity index (χ2n) is 19.5. The average molecular weight is 940 g/mol. The number of hydrogen-bond acceptors (Lipinski definition) is 6. The van der Waals surface area contributed by atoms with E-state index >= 15 is 0 Å². The molecule has 0 aliphatic carbocycles. The molecule has 0 rings (SSSR count). The van der Waals surface area contributed by atoms with Gasteiger partial charge in [0.05, 0.1) is 0 Å². The van der Waals surface area contributed by atoms with Crippen molar-refractivity contribution in [1.82, 2.24) is 0 Å². The summed E-state index contributed by atoms with van der Waals surface area (Å²) in [5.41, 5.74) is 0. The van der Waals surface area contributed by atoms with E-state index in [4.69, 9.17) is 14.2 Å². The van der Waals surface area contributed by atoms with Crippen LogP contribution in [-0.4, -0.2) is 37.2 Å². The van der Waals surface area contributed by atoms with Crippen LogP contribution in [0.15, 0.2) is 48.6 Å². The van der Waals surface area contributed by atoms with E-state index in [0.717, 1.165) is 83.5 Å². The molecule has 0 bridgehead atoms. The standard InChI is InChI=1S/C61H110O6/c1-4-7-10-13-16-19-22-25-28-29-30-31-32-33-34-37-39-42-45-48-51-54-60(63)66-57-58(67-61(64)55-52-49-46-43-40-36-27-24-21-18-15-12-9-6-3)56-65-59(62)53-50-47-44-41-38-35-26-23-20-17-14-11-8-5-2/h22-27,29-30,58H,4-21,28,31-57H2,1-3H3/b25-22-,26-23-,27-24-,30-29-. The summed E-state index contributed by atoms with van der Waals surface area (Å²) in [6.45, 7) is 6.62. The van der Waals surface area contributed by atoms with Crippen molar-refractivity contribution in [2.75, 3.05) is 13.2 Å². The highest BCUT2D eigenvalue weighted by Gasteiger charge is 2.19. The van der Waals surface area contributed by atoms with Crippen LogP contribution in [0.4, 0.5) is 0 Å². The third kappa shape index (κ3) is 54.2. The maximum atomic E-state index is 12.8. The highest BCUT2D eigenvalue weighted by atomic mass is 16.6. The molecule has 6 heteroatoms. The van der Waals surface area contributed by atoms with Gasteiger partial charge in [-0.15, -0.1) is 0 Å². The van der Waals surface area contributed by atoms with Gasteiger partial charge in [0, 0.05) is 19.3 Å². The largest absolute Gasteiger partial charge is 0.462 e. The Kier molecular flexibility index (Phi) is 53.8. The summed E-state index contributed by atoms with van der Waals surface area (Å²) in [5, 5.41) is 0. The zero-order valence-electron chi connectivity index (χ0n) is 44.7. The van der Waals surface area contributed by atoms with Crippen molar-refractivity contribution >= 4 is 17.9 Å². The topological polar surface area (TPSA) is 78.9 Å². The molecule has 0 saturated carbocycles. The Morgan fingerprint density at radius 1 is 0.299 bits per heavy atom. The molecule has 0 aromatic rings. The van der Waals surface area contributed by atoms with Gasteiger partial charge in [-0.2, -0.15) is 0 Å². The number of unbranched alkanes of at least 4 members (excludes halogenated alkanes) is 34. The summed E-state index contributed by atoms with van der Waals surface area (Å²) in [7, 11) is 0. The lowest BCUT2D eigenvalue weighted by molar-refractivity contribution is -0.167. The smallest absolute Gasteiger partial charge is 0.306 e. The first-order valence-electron chi connectivity index (χ1n) is 29.1. The quantitative estimate of drug-likeness (QED) is 0.0262. The van der Waals surface area contributed by atoms with Crippen LogP contribution < -0.4 is 0 Å². The maximum absolute atomic E-state index is 12.8. The van der Waals surface area contributed by atoms with Crippen LogP contribution in [0.5, 0.6) is 0 Å². The van der Waals surface area contributed by atoms with Gasteiger partial charge in [0.1, 0.15) is 13.2 Å². The van der Waals surface area contributed by atoms with Crippen molar-refractivity contribution in [3.8, 4) is 0 Å². The summed E-state index contributed by atoms with van der Waals surface area (Å²) in [6, 6.07) is 0. The maximum Gasteiger partial charge on any atom is 0.306 e. The molecule has 0 saturated heterocycles. The number of ether oxygens (including phenoxy) is 3. The van der Waals surface area contributed by atoms with Crippen molar-refractivity contribution in [3.05, 3.63) is 48.6 Å². The Morgan fingerprint density at radius 2 is 0.537 bits per heavy atom. The van der Waals surface area contributed by atoms with Crippen molar-refractivity contribution in [1.29, 1.82) is 0 Å². The number of carbonyl (C=O) groups is 3. The third-order valence-corrected chi connectivity index (χ3v) is 12.8. The molecular weight excluding hydrogens is 829 g/mol. The zero-order valence-corrected chi connectivity index (χ0v) is 44.7. The Hall–Kier alpha value is -2.63. The summed E-state index contributed by atoms with van der Waals surface area (Å²) >= 11 is 0. The van der Waals surface area contributed by atoms with E-state index in [1.807, 2.05) is 0 Å². The molecule has 0 N–H and O–H groups in total. The molecule has 0 spiro atoms. The third-order valence-electron chi connectivity index (χ3n) is 12.8. The fourth-order valence-corrected chi connectivity index (χ4v) is 8.35. The lowest BCUT2D eigenvalue weighted by Crippen LogP contribution is -2.30. The second-order valence-corrected chi connectivity index (χ2v) is 19.5. The lowest BCUT2D eigenvalue weighted by Gasteiger charge is -2.18. The molecule has 0 fully saturated rings. The molecule has 67 heavy (non-hydrogen) atoms. The predicted octanol–water partition coefficient (Wildman–Crippen LogP) is 19.4. The molecular formula is C61H110O6. The van der Waals surface area contributed by atoms with Gasteiger partial charge in [0.15, 0.2) is 6.10 Å². The molecule has 0 heterocycles. The summed E-state index contributed by atoms with van der Waals surface area (Å²) < 4.78 is 16.9. The summed E-state index contributed by atoms with van der Waals surface area (Å²) in [5.74, 6) is -0.889. The van der Waals surface area contributed by atoms with E-state index in [2.05, 4.69) is 69.4 Å². The predicted molar refractivity (Wildman–Crippen MR) is 289 cm³/mol. The molecule has 1 atom stereocenters. The van der Waals surface area contributed by atoms with Gasteiger partial charge in [0.2, 0.25) is 0 Å². The van der Waals surface area contributed by atoms with Gasteiger partial charge < -0.3 is 14.2 Å². The minimum Gasteiger partial charge on any atom is -0.462 e. The van der Waals surface area contributed by atoms with Crippen molar-refractivity contribution in [2.24, 2.45) is 0 Å². The molecule has 0 aliphatic heterocycles. The minimum absolute atomic E-state index is 0.0799. The van der Waals surface area contributed by atoms with E-state index in [9.17, 15) is 14.4 Å². The molecule has 0 amide bonds. The van der Waals surface area contributed by atoms with Gasteiger partial charge >= 0.3 is 17.9 Å². The van der Waals surface area contributed by atoms with E-state index in [1.165, 1.54) is 180 Å². The molecule has 0 aliphatic rings. The van der Waals surface area contributed by atoms with Crippen LogP contribution in [0.2, 0.25) is 0 Å². The molecule has 1 unspecified atom stereocenters. The Labute approximate surface area is 416 Å². The van der Waals surface area contributed by atoms with Crippen LogP contribution in [0, 0.1) is 0 Å². The van der Waals surface area contributed by atoms with Crippen LogP contribution in [-0.2, 0) is 28.6 Å². The van der Waals surface area contributed by atoms with Gasteiger partial charge in [0.25, 0.3) is 0 Å². The van der Waals surface area contributed by atoms with E-state index < -0.39 is 6.10 Å². The number of carbonyl (C=O) groups excluding carboxylic acids is 3. The highest BCUT2D eigenvalue weighted by molar-refractivity contribution is 5.71. The Bertz CT molecular complexity index is 1170. The minimum atomic E-state index is -0.781. The Balaban J connectivity index is 4.34. The van der Waals surface area contributed by atoms with Gasteiger partial charge in [-0.25, -0.2) is 0 Å². The van der Waals surface area contributed by atoms with E-state index in [0.29, 0.717) is 19.3 Å². The van der Waals surface area contributed by atoms with Crippen LogP contribution >= 0.6 is 0 Å². The second kappa shape index (κ2) is 56.0. The van der Waals surface area contributed by atoms with Gasteiger partial charge in [-0.05, 0) is 103 Å². The van der Waals surface area contributed by atoms with Crippen molar-refractivity contribution < 1.29 is 28.6 Å². The first kappa shape index (κ1) is 64.4. The molecule has 390 valence electrons. The molecule has 6 nitrogen and oxygen atoms in total. The van der Waals surface area contributed by atoms with E-state index in [1.54, 1.807) is 0 Å². The van der Waals surface area contributed by atoms with Crippen molar-refractivity contribution in [2.45, 2.75) is 309 Å². The summed E-state index contributed by atoms with van der Waals surface area (Å²) in [4.78, 5) is 38.1. The average Bonchev–Trinajstić information content (AvgIpc) is 3.33. The normalized spacial score (nSPS) is 12.3. The molecule has 0 aromatic heterocycles. The van der Waals surface area contributed by atoms with Crippen LogP contribution in [0.1, 0.15) is 303 Å². The number of esters is 3. The number of hydrogen-bond donors (Lipinski definition) is 0. The van der Waals surface area contributed by atoms with Crippen molar-refractivity contribution in [3.63, 3.8) is 0 Å². The van der Waals surface area contributed by atoms with Crippen LogP contribution in [0.25, 0.3) is 0 Å².